The van der Waals surface area contributed by atoms with Crippen molar-refractivity contribution in [3.8, 4) is 0 Å². The molecule has 0 radical (unpaired) electrons. The van der Waals surface area contributed by atoms with Gasteiger partial charge >= 0.3 is 12.1 Å². The van der Waals surface area contributed by atoms with Crippen LogP contribution in [0.2, 0.25) is 5.02 Å². The molecule has 0 atom stereocenters. The van der Waals surface area contributed by atoms with E-state index in [0.29, 0.717) is 36.3 Å². The average Bonchev–Trinajstić information content (AvgIpc) is 2.56. The number of halogens is 2. The van der Waals surface area contributed by atoms with Gasteiger partial charge in [0.2, 0.25) is 0 Å². The number of carbonyl (C=O) groups excluding carboxylic acids is 2. The van der Waals surface area contributed by atoms with Crippen LogP contribution in [0.1, 0.15) is 39.2 Å². The lowest BCUT2D eigenvalue weighted by Gasteiger charge is -2.32. The van der Waals surface area contributed by atoms with Gasteiger partial charge < -0.3 is 20.3 Å². The summed E-state index contributed by atoms with van der Waals surface area (Å²) in [5, 5.41) is 6.30. The first-order chi connectivity index (χ1) is 12.5. The molecule has 0 unspecified atom stereocenters. The monoisotopic (exact) mass is 459 g/mol. The van der Waals surface area contributed by atoms with Crippen LogP contribution in [0.3, 0.4) is 0 Å². The highest BCUT2D eigenvalue weighted by atomic mass is 79.9. The van der Waals surface area contributed by atoms with E-state index in [4.69, 9.17) is 16.3 Å². The summed E-state index contributed by atoms with van der Waals surface area (Å²) < 4.78 is 6.05. The molecule has 27 heavy (non-hydrogen) atoms. The van der Waals surface area contributed by atoms with Crippen LogP contribution in [0.25, 0.3) is 0 Å². The van der Waals surface area contributed by atoms with E-state index in [9.17, 15) is 9.59 Å². The van der Waals surface area contributed by atoms with E-state index in [0.717, 1.165) is 22.9 Å². The molecule has 1 aromatic carbocycles. The number of carbonyl (C=O) groups is 2. The Balaban J connectivity index is 1.79. The zero-order valence-corrected chi connectivity index (χ0v) is 18.5. The van der Waals surface area contributed by atoms with Crippen molar-refractivity contribution in [1.82, 2.24) is 10.2 Å². The van der Waals surface area contributed by atoms with Gasteiger partial charge in [-0.25, -0.2) is 9.59 Å². The van der Waals surface area contributed by atoms with E-state index in [1.807, 2.05) is 33.8 Å². The number of benzene rings is 1. The SMILES string of the molecule is Cc1cc(Br)c(Cl)cc1NC(=O)N1CCC(CNC(=O)OC(C)(C)C)CC1. The van der Waals surface area contributed by atoms with Crippen molar-refractivity contribution >= 4 is 45.3 Å². The number of rotatable bonds is 3. The summed E-state index contributed by atoms with van der Waals surface area (Å²) in [6, 6.07) is 3.50. The standard InChI is InChI=1S/C19H27BrClN3O3/c1-12-9-14(20)15(21)10-16(12)23-17(25)24-7-5-13(6-8-24)11-22-18(26)27-19(2,3)4/h9-10,13H,5-8,11H2,1-4H3,(H,22,26)(H,23,25). The van der Waals surface area contributed by atoms with Gasteiger partial charge in [-0.15, -0.1) is 0 Å². The molecule has 0 aromatic heterocycles. The molecule has 2 rings (SSSR count). The normalized spacial score (nSPS) is 15.4. The molecule has 6 nitrogen and oxygen atoms in total. The van der Waals surface area contributed by atoms with Gasteiger partial charge in [0.1, 0.15) is 5.60 Å². The number of piperidine rings is 1. The molecule has 1 aromatic rings. The minimum Gasteiger partial charge on any atom is -0.444 e. The fourth-order valence-electron chi connectivity index (χ4n) is 2.86. The van der Waals surface area contributed by atoms with Gasteiger partial charge in [0.05, 0.1) is 5.02 Å². The van der Waals surface area contributed by atoms with Crippen LogP contribution < -0.4 is 10.6 Å². The van der Waals surface area contributed by atoms with Crippen LogP contribution in [-0.4, -0.2) is 42.3 Å². The van der Waals surface area contributed by atoms with Gasteiger partial charge in [-0.1, -0.05) is 11.6 Å². The summed E-state index contributed by atoms with van der Waals surface area (Å²) in [4.78, 5) is 26.0. The number of nitrogens with zero attached hydrogens (tertiary/aromatic N) is 1. The zero-order chi connectivity index (χ0) is 20.2. The summed E-state index contributed by atoms with van der Waals surface area (Å²) in [7, 11) is 0. The Hall–Kier alpha value is -1.47. The first kappa shape index (κ1) is 21.8. The van der Waals surface area contributed by atoms with E-state index in [-0.39, 0.29) is 6.03 Å². The number of urea groups is 1. The Morgan fingerprint density at radius 1 is 1.30 bits per heavy atom. The highest BCUT2D eigenvalue weighted by molar-refractivity contribution is 9.10. The van der Waals surface area contributed by atoms with E-state index < -0.39 is 11.7 Å². The number of aryl methyl sites for hydroxylation is 1. The fourth-order valence-corrected chi connectivity index (χ4v) is 3.48. The Kier molecular flexibility index (Phi) is 7.40. The van der Waals surface area contributed by atoms with Crippen molar-refractivity contribution in [2.24, 2.45) is 5.92 Å². The summed E-state index contributed by atoms with van der Waals surface area (Å²) in [5.74, 6) is 0.338. The molecule has 150 valence electrons. The average molecular weight is 461 g/mol. The number of anilines is 1. The van der Waals surface area contributed by atoms with Gasteiger partial charge in [-0.3, -0.25) is 0 Å². The molecule has 1 fully saturated rings. The smallest absolute Gasteiger partial charge is 0.407 e. The number of nitrogens with one attached hydrogen (secondary N) is 2. The minimum absolute atomic E-state index is 0.130. The lowest BCUT2D eigenvalue weighted by molar-refractivity contribution is 0.0512. The lowest BCUT2D eigenvalue weighted by atomic mass is 9.97. The van der Waals surface area contributed by atoms with Crippen LogP contribution >= 0.6 is 27.5 Å². The molecule has 1 heterocycles. The van der Waals surface area contributed by atoms with Gasteiger partial charge in [-0.05, 0) is 80.1 Å². The van der Waals surface area contributed by atoms with Crippen LogP contribution in [-0.2, 0) is 4.74 Å². The second-order valence-electron chi connectivity index (χ2n) is 7.82. The molecule has 0 bridgehead atoms. The number of likely N-dealkylation sites (tertiary alicyclic amines) is 1. The number of amides is 3. The van der Waals surface area contributed by atoms with Gasteiger partial charge in [0.25, 0.3) is 0 Å². The molecule has 0 saturated carbocycles. The van der Waals surface area contributed by atoms with Crippen molar-refractivity contribution < 1.29 is 14.3 Å². The maximum atomic E-state index is 12.5. The second-order valence-corrected chi connectivity index (χ2v) is 9.09. The summed E-state index contributed by atoms with van der Waals surface area (Å²) in [6.07, 6.45) is 1.28. The lowest BCUT2D eigenvalue weighted by Crippen LogP contribution is -2.44. The van der Waals surface area contributed by atoms with Crippen LogP contribution in [0, 0.1) is 12.8 Å². The Morgan fingerprint density at radius 3 is 2.52 bits per heavy atom. The molecule has 1 aliphatic rings. The predicted octanol–water partition coefficient (Wildman–Crippen LogP) is 5.18. The van der Waals surface area contributed by atoms with Gasteiger partial charge in [-0.2, -0.15) is 0 Å². The molecular formula is C19H27BrClN3O3. The van der Waals surface area contributed by atoms with Crippen LogP contribution in [0.4, 0.5) is 15.3 Å². The molecule has 0 spiro atoms. The zero-order valence-electron chi connectivity index (χ0n) is 16.2. The van der Waals surface area contributed by atoms with Crippen molar-refractivity contribution in [3.05, 3.63) is 27.2 Å². The van der Waals surface area contributed by atoms with Crippen LogP contribution in [0.15, 0.2) is 16.6 Å². The molecule has 0 aliphatic carbocycles. The first-order valence-corrected chi connectivity index (χ1v) is 10.2. The number of hydrogen-bond donors (Lipinski definition) is 2. The third-order valence-electron chi connectivity index (χ3n) is 4.34. The summed E-state index contributed by atoms with van der Waals surface area (Å²) in [6.45, 7) is 9.29. The van der Waals surface area contributed by atoms with Gasteiger partial charge in [0, 0.05) is 29.8 Å². The Labute approximate surface area is 174 Å². The molecule has 1 aliphatic heterocycles. The van der Waals surface area contributed by atoms with Crippen molar-refractivity contribution in [1.29, 1.82) is 0 Å². The predicted molar refractivity (Wildman–Crippen MR) is 111 cm³/mol. The number of ether oxygens (including phenoxy) is 1. The minimum atomic E-state index is -0.500. The Bertz CT molecular complexity index is 698. The van der Waals surface area contributed by atoms with Crippen molar-refractivity contribution in [2.75, 3.05) is 25.0 Å². The second kappa shape index (κ2) is 9.15. The summed E-state index contributed by atoms with van der Waals surface area (Å²) >= 11 is 9.49. The summed E-state index contributed by atoms with van der Waals surface area (Å²) in [5.41, 5.74) is 1.15. The fraction of sp³-hybridized carbons (Fsp3) is 0.579. The molecule has 1 saturated heterocycles. The third-order valence-corrected chi connectivity index (χ3v) is 5.54. The van der Waals surface area contributed by atoms with E-state index in [1.165, 1.54) is 0 Å². The van der Waals surface area contributed by atoms with E-state index in [2.05, 4.69) is 26.6 Å². The Morgan fingerprint density at radius 2 is 1.93 bits per heavy atom. The highest BCUT2D eigenvalue weighted by Gasteiger charge is 2.24. The molecular weight excluding hydrogens is 434 g/mol. The third kappa shape index (κ3) is 6.88. The van der Waals surface area contributed by atoms with E-state index >= 15 is 0 Å². The number of hydrogen-bond acceptors (Lipinski definition) is 3. The van der Waals surface area contributed by atoms with Crippen LogP contribution in [0.5, 0.6) is 0 Å². The first-order valence-electron chi connectivity index (χ1n) is 9.03. The maximum Gasteiger partial charge on any atom is 0.407 e. The highest BCUT2D eigenvalue weighted by Crippen LogP contribution is 2.29. The topological polar surface area (TPSA) is 70.7 Å². The maximum absolute atomic E-state index is 12.5. The van der Waals surface area contributed by atoms with E-state index in [1.54, 1.807) is 11.0 Å². The largest absolute Gasteiger partial charge is 0.444 e. The molecule has 8 heteroatoms. The molecule has 2 N–H and O–H groups in total. The quantitative estimate of drug-likeness (QED) is 0.653. The molecule has 3 amide bonds. The van der Waals surface area contributed by atoms with Crippen molar-refractivity contribution in [2.45, 2.75) is 46.1 Å². The van der Waals surface area contributed by atoms with Gasteiger partial charge in [0.15, 0.2) is 0 Å². The van der Waals surface area contributed by atoms with Crippen molar-refractivity contribution in [3.63, 3.8) is 0 Å². The number of alkyl carbamates (subject to hydrolysis) is 1.